The highest BCUT2D eigenvalue weighted by Gasteiger charge is 2.32. The van der Waals surface area contributed by atoms with E-state index in [1.165, 1.54) is 11.3 Å². The van der Waals surface area contributed by atoms with Gasteiger partial charge in [0.25, 0.3) is 12.1 Å². The van der Waals surface area contributed by atoms with Crippen LogP contribution in [0.1, 0.15) is 24.8 Å². The van der Waals surface area contributed by atoms with Crippen LogP contribution in [0.15, 0.2) is 85.5 Å². The fourth-order valence-electron chi connectivity index (χ4n) is 3.89. The van der Waals surface area contributed by atoms with E-state index in [1.807, 2.05) is 54.6 Å². The van der Waals surface area contributed by atoms with Crippen molar-refractivity contribution in [1.82, 2.24) is 5.27 Å². The number of amidine groups is 1. The van der Waals surface area contributed by atoms with Crippen molar-refractivity contribution in [2.45, 2.75) is 19.3 Å². The second kappa shape index (κ2) is 11.1. The van der Waals surface area contributed by atoms with E-state index < -0.39 is 5.90 Å². The van der Waals surface area contributed by atoms with E-state index in [1.54, 1.807) is 17.1 Å². The lowest BCUT2D eigenvalue weighted by Crippen LogP contribution is -2.60. The average Bonchev–Trinajstić information content (AvgIpc) is 3.49. The molecule has 3 heterocycles. The van der Waals surface area contributed by atoms with Crippen LogP contribution < -0.4 is 19.8 Å². The van der Waals surface area contributed by atoms with Gasteiger partial charge >= 0.3 is 5.88 Å². The number of para-hydroxylation sites is 1. The summed E-state index contributed by atoms with van der Waals surface area (Å²) in [7, 11) is 0. The number of nitrogens with zero attached hydrogens (tertiary/aromatic N) is 6. The van der Waals surface area contributed by atoms with Gasteiger partial charge in [-0.2, -0.15) is 5.01 Å². The Kier molecular flexibility index (Phi) is 7.47. The molecule has 1 aromatic heterocycles. The van der Waals surface area contributed by atoms with E-state index in [4.69, 9.17) is 4.52 Å². The first-order valence-electron chi connectivity index (χ1n) is 11.5. The summed E-state index contributed by atoms with van der Waals surface area (Å²) in [6.45, 7) is 1.78. The van der Waals surface area contributed by atoms with E-state index >= 15 is 0 Å². The van der Waals surface area contributed by atoms with Crippen LogP contribution in [-0.2, 0) is 4.79 Å². The molecule has 0 N–H and O–H groups in total. The van der Waals surface area contributed by atoms with Crippen molar-refractivity contribution in [2.75, 3.05) is 28.8 Å². The largest absolute Gasteiger partial charge is 0.861 e. The third kappa shape index (κ3) is 5.68. The Labute approximate surface area is 220 Å². The van der Waals surface area contributed by atoms with Crippen LogP contribution >= 0.6 is 27.7 Å². The molecule has 0 bridgehead atoms. The van der Waals surface area contributed by atoms with Crippen LogP contribution in [-0.4, -0.2) is 41.1 Å². The zero-order valence-corrected chi connectivity index (χ0v) is 21.7. The third-order valence-corrected chi connectivity index (χ3v) is 7.10. The van der Waals surface area contributed by atoms with E-state index in [0.29, 0.717) is 16.6 Å². The molecule has 184 valence electrons. The Morgan fingerprint density at radius 2 is 1.89 bits per heavy atom. The quantitative estimate of drug-likeness (QED) is 0.196. The lowest BCUT2D eigenvalue weighted by molar-refractivity contribution is -0.759. The van der Waals surface area contributed by atoms with Gasteiger partial charge in [0.15, 0.2) is 5.17 Å². The molecule has 0 saturated carbocycles. The number of aromatic nitrogens is 2. The van der Waals surface area contributed by atoms with Gasteiger partial charge in [-0.25, -0.2) is 9.98 Å². The van der Waals surface area contributed by atoms with Crippen molar-refractivity contribution < 1.29 is 19.2 Å². The van der Waals surface area contributed by atoms with Gasteiger partial charge in [-0.05, 0) is 61.1 Å². The Balaban J connectivity index is 1.33. The zero-order valence-electron chi connectivity index (χ0n) is 19.3. The summed E-state index contributed by atoms with van der Waals surface area (Å²) < 4.78 is 6.17. The highest BCUT2D eigenvalue weighted by atomic mass is 79.9. The molecule has 11 heteroatoms. The number of benzene rings is 2. The van der Waals surface area contributed by atoms with Crippen LogP contribution in [0, 0.1) is 0 Å². The summed E-state index contributed by atoms with van der Waals surface area (Å²) in [5, 5.41) is 19.1. The minimum atomic E-state index is -0.407. The monoisotopic (exact) mass is 566 g/mol. The lowest BCUT2D eigenvalue weighted by Gasteiger charge is -2.18. The minimum absolute atomic E-state index is 0.00851. The Hall–Kier alpha value is -3.44. The molecule has 0 radical (unpaired) electrons. The van der Waals surface area contributed by atoms with Crippen LogP contribution in [0.2, 0.25) is 0 Å². The number of thioether (sulfide) groups is 1. The number of hydrogen-bond donors (Lipinski definition) is 0. The molecule has 2 aliphatic rings. The van der Waals surface area contributed by atoms with Gasteiger partial charge in [-0.15, -0.1) is 0 Å². The van der Waals surface area contributed by atoms with Crippen LogP contribution in [0.25, 0.3) is 6.08 Å². The number of piperidine rings is 1. The van der Waals surface area contributed by atoms with Gasteiger partial charge in [0, 0.05) is 10.2 Å². The maximum absolute atomic E-state index is 13.3. The second-order valence-electron chi connectivity index (χ2n) is 8.22. The van der Waals surface area contributed by atoms with Crippen LogP contribution in [0.5, 0.6) is 0 Å². The van der Waals surface area contributed by atoms with E-state index in [9.17, 15) is 9.90 Å². The standard InChI is InChI=1S/C25H23BrN6O3S/c26-19-11-9-18(10-12-19)15-21-24(34)32(20-7-3-1-4-8-20)25(27-21)36-17-22(33)28-23-16-31(29-35-23)30-13-5-2-6-14-30/h1,3-4,7-12,15-16H,2,5-6,13-14,17H2/b21-15+. The van der Waals surface area contributed by atoms with Crippen molar-refractivity contribution in [1.29, 1.82) is 0 Å². The molecule has 0 spiro atoms. The number of hydrogen-bond acceptors (Lipinski definition) is 8. The molecule has 0 aliphatic carbocycles. The topological polar surface area (TPSA) is 101 Å². The van der Waals surface area contributed by atoms with E-state index in [2.05, 4.69) is 36.2 Å². The average molecular weight is 567 g/mol. The number of amides is 1. The summed E-state index contributed by atoms with van der Waals surface area (Å²) in [6, 6.07) is 16.8. The molecular weight excluding hydrogens is 544 g/mol. The highest BCUT2D eigenvalue weighted by molar-refractivity contribution is 9.10. The number of aliphatic imine (C=N–C) groups is 2. The van der Waals surface area contributed by atoms with Gasteiger partial charge in [-0.3, -0.25) is 14.2 Å². The summed E-state index contributed by atoms with van der Waals surface area (Å²) in [6.07, 6.45) is 6.74. The molecular formula is C25H23BrN6O3S. The predicted molar refractivity (Wildman–Crippen MR) is 142 cm³/mol. The minimum Gasteiger partial charge on any atom is -0.861 e. The molecule has 5 rings (SSSR count). The molecule has 0 unspecified atom stereocenters. The first-order chi connectivity index (χ1) is 17.6. The van der Waals surface area contributed by atoms with Crippen molar-refractivity contribution in [3.8, 4) is 0 Å². The Morgan fingerprint density at radius 1 is 1.14 bits per heavy atom. The number of halogens is 1. The third-order valence-electron chi connectivity index (χ3n) is 5.64. The normalized spacial score (nSPS) is 17.7. The van der Waals surface area contributed by atoms with Crippen molar-refractivity contribution >= 4 is 62.3 Å². The summed E-state index contributed by atoms with van der Waals surface area (Å²) >= 11 is 4.57. The highest BCUT2D eigenvalue weighted by Crippen LogP contribution is 2.29. The number of rotatable bonds is 6. The molecule has 1 amide bonds. The molecule has 3 aromatic rings. The fraction of sp³-hybridized carbons (Fsp3) is 0.240. The Morgan fingerprint density at radius 3 is 2.64 bits per heavy atom. The second-order valence-corrected chi connectivity index (χ2v) is 10.1. The molecule has 0 atom stereocenters. The number of carbonyl (C=O) groups excluding carboxylic acids is 1. The van der Waals surface area contributed by atoms with Gasteiger partial charge in [0.1, 0.15) is 5.70 Å². The first-order valence-corrected chi connectivity index (χ1v) is 13.3. The SMILES string of the molecule is O=C1/C(=C\c2ccc(Br)cc2)N=C(SC/C([O-])=N\c2c[n+](N3CCCCC3)no2)N1c1ccccc1. The Bertz CT molecular complexity index is 1320. The van der Waals surface area contributed by atoms with Crippen molar-refractivity contribution in [3.63, 3.8) is 0 Å². The van der Waals surface area contributed by atoms with Gasteiger partial charge in [-0.1, -0.05) is 58.0 Å². The smallest absolute Gasteiger partial charge is 0.324 e. The summed E-state index contributed by atoms with van der Waals surface area (Å²) in [5.74, 6) is -0.526. The lowest BCUT2D eigenvalue weighted by atomic mass is 10.2. The molecule has 2 aliphatic heterocycles. The van der Waals surface area contributed by atoms with Gasteiger partial charge in [0.05, 0.1) is 23.6 Å². The van der Waals surface area contributed by atoms with Crippen molar-refractivity contribution in [3.05, 3.63) is 76.5 Å². The van der Waals surface area contributed by atoms with Crippen LogP contribution in [0.4, 0.5) is 11.6 Å². The molecule has 9 nitrogen and oxygen atoms in total. The molecule has 1 fully saturated rings. The van der Waals surface area contributed by atoms with E-state index in [0.717, 1.165) is 47.7 Å². The molecule has 2 aromatic carbocycles. The summed E-state index contributed by atoms with van der Waals surface area (Å²) in [5.41, 5.74) is 1.82. The molecule has 36 heavy (non-hydrogen) atoms. The maximum atomic E-state index is 13.3. The maximum Gasteiger partial charge on any atom is 0.324 e. The zero-order chi connectivity index (χ0) is 24.9. The van der Waals surface area contributed by atoms with Crippen molar-refractivity contribution in [2.24, 2.45) is 9.98 Å². The van der Waals surface area contributed by atoms with Gasteiger partial charge < -0.3 is 5.11 Å². The number of anilines is 1. The summed E-state index contributed by atoms with van der Waals surface area (Å²) in [4.78, 5) is 25.0. The van der Waals surface area contributed by atoms with E-state index in [-0.39, 0.29) is 17.5 Å². The fourth-order valence-corrected chi connectivity index (χ4v) is 4.95. The molecule has 1 saturated heterocycles. The predicted octanol–water partition coefficient (Wildman–Crippen LogP) is 3.41. The first kappa shape index (κ1) is 24.3. The number of carbonyl (C=O) groups is 1. The van der Waals surface area contributed by atoms with Crippen LogP contribution in [0.3, 0.4) is 0 Å². The van der Waals surface area contributed by atoms with Gasteiger partial charge in [0.2, 0.25) is 5.27 Å².